The van der Waals surface area contributed by atoms with Gasteiger partial charge in [-0.25, -0.2) is 4.39 Å². The molecule has 3 aliphatic heterocycles. The van der Waals surface area contributed by atoms with Crippen LogP contribution in [0.1, 0.15) is 24.0 Å². The van der Waals surface area contributed by atoms with E-state index in [1.165, 1.54) is 12.1 Å². The number of rotatable bonds is 6. The average molecular weight is 466 g/mol. The van der Waals surface area contributed by atoms with Crippen molar-refractivity contribution in [2.75, 3.05) is 66.1 Å². The summed E-state index contributed by atoms with van der Waals surface area (Å²) in [6, 6.07) is 12.1. The molecule has 0 aliphatic carbocycles. The van der Waals surface area contributed by atoms with E-state index >= 15 is 0 Å². The highest BCUT2D eigenvalue weighted by atomic mass is 19.1. The predicted molar refractivity (Wildman–Crippen MR) is 130 cm³/mol. The van der Waals surface area contributed by atoms with Crippen LogP contribution in [-0.4, -0.2) is 86.7 Å². The number of hydrogen-bond acceptors (Lipinski definition) is 5. The molecule has 2 saturated heterocycles. The Bertz CT molecular complexity index is 1060. The highest BCUT2D eigenvalue weighted by molar-refractivity contribution is 6.06. The Labute approximate surface area is 200 Å². The van der Waals surface area contributed by atoms with Gasteiger partial charge in [0.2, 0.25) is 0 Å². The Kier molecular flexibility index (Phi) is 6.83. The Morgan fingerprint density at radius 3 is 2.47 bits per heavy atom. The van der Waals surface area contributed by atoms with Crippen LogP contribution in [0, 0.1) is 5.82 Å². The van der Waals surface area contributed by atoms with Crippen LogP contribution < -0.4 is 9.47 Å². The van der Waals surface area contributed by atoms with Crippen molar-refractivity contribution in [3.8, 4) is 11.5 Å². The molecule has 2 aromatic rings. The van der Waals surface area contributed by atoms with Gasteiger partial charge in [-0.05, 0) is 55.8 Å². The molecule has 1 amide bonds. The third-order valence-electron chi connectivity index (χ3n) is 6.95. The Morgan fingerprint density at radius 2 is 1.74 bits per heavy atom. The normalized spacial score (nSPS) is 19.2. The number of carbonyl (C=O) groups is 1. The molecular formula is C27H32FN3O3. The van der Waals surface area contributed by atoms with Gasteiger partial charge in [-0.15, -0.1) is 0 Å². The van der Waals surface area contributed by atoms with Crippen LogP contribution in [0.5, 0.6) is 11.5 Å². The van der Waals surface area contributed by atoms with E-state index in [-0.39, 0.29) is 18.3 Å². The molecule has 0 aromatic heterocycles. The van der Waals surface area contributed by atoms with Gasteiger partial charge >= 0.3 is 0 Å². The summed E-state index contributed by atoms with van der Waals surface area (Å²) in [5.74, 6) is 1.16. The first kappa shape index (κ1) is 22.9. The second kappa shape index (κ2) is 10.2. The smallest absolute Gasteiger partial charge is 0.253 e. The van der Waals surface area contributed by atoms with Gasteiger partial charge in [-0.3, -0.25) is 9.69 Å². The number of likely N-dealkylation sites (tertiary alicyclic amines) is 1. The zero-order valence-electron chi connectivity index (χ0n) is 19.8. The monoisotopic (exact) mass is 465 g/mol. The molecule has 0 bridgehead atoms. The van der Waals surface area contributed by atoms with Crippen molar-refractivity contribution in [1.29, 1.82) is 0 Å². The maximum atomic E-state index is 13.7. The molecule has 3 heterocycles. The Balaban J connectivity index is 1.41. The molecule has 34 heavy (non-hydrogen) atoms. The zero-order valence-corrected chi connectivity index (χ0v) is 19.8. The topological polar surface area (TPSA) is 45.2 Å². The van der Waals surface area contributed by atoms with E-state index in [2.05, 4.69) is 16.8 Å². The first-order valence-corrected chi connectivity index (χ1v) is 12.2. The fourth-order valence-corrected chi connectivity index (χ4v) is 4.89. The molecule has 0 atom stereocenters. The van der Waals surface area contributed by atoms with Crippen molar-refractivity contribution in [3.05, 3.63) is 65.0 Å². The van der Waals surface area contributed by atoms with E-state index in [1.807, 2.05) is 23.1 Å². The van der Waals surface area contributed by atoms with E-state index < -0.39 is 0 Å². The van der Waals surface area contributed by atoms with Crippen molar-refractivity contribution in [3.63, 3.8) is 0 Å². The van der Waals surface area contributed by atoms with Crippen molar-refractivity contribution in [2.45, 2.75) is 12.8 Å². The molecule has 2 aromatic carbocycles. The van der Waals surface area contributed by atoms with Gasteiger partial charge in [-0.2, -0.15) is 0 Å². The summed E-state index contributed by atoms with van der Waals surface area (Å²) in [7, 11) is 2.15. The number of likely N-dealkylation sites (N-methyl/N-ethyl adjacent to an activating group) is 1. The molecule has 0 saturated carbocycles. The van der Waals surface area contributed by atoms with Crippen LogP contribution in [0.2, 0.25) is 0 Å². The number of benzene rings is 2. The summed E-state index contributed by atoms with van der Waals surface area (Å²) in [6.07, 6.45) is 2.04. The van der Waals surface area contributed by atoms with Crippen molar-refractivity contribution >= 4 is 11.5 Å². The first-order chi connectivity index (χ1) is 16.6. The van der Waals surface area contributed by atoms with Gasteiger partial charge in [0.1, 0.15) is 30.5 Å². The second-order valence-corrected chi connectivity index (χ2v) is 9.30. The molecule has 180 valence electrons. The number of fused-ring (bicyclic) bond motifs is 1. The lowest BCUT2D eigenvalue weighted by molar-refractivity contribution is -0.126. The predicted octanol–water partition coefficient (Wildman–Crippen LogP) is 3.27. The van der Waals surface area contributed by atoms with Crippen molar-refractivity contribution < 1.29 is 18.7 Å². The number of ether oxygens (including phenoxy) is 2. The Hall–Kier alpha value is -2.90. The molecule has 0 N–H and O–H groups in total. The van der Waals surface area contributed by atoms with Crippen LogP contribution in [0.25, 0.3) is 5.57 Å². The molecule has 3 aliphatic rings. The van der Waals surface area contributed by atoms with Gasteiger partial charge in [0.15, 0.2) is 0 Å². The lowest BCUT2D eigenvalue weighted by Crippen LogP contribution is -2.45. The maximum absolute atomic E-state index is 13.7. The zero-order chi connectivity index (χ0) is 23.5. The van der Waals surface area contributed by atoms with Crippen LogP contribution >= 0.6 is 0 Å². The molecule has 5 rings (SSSR count). The summed E-state index contributed by atoms with van der Waals surface area (Å²) in [6.45, 7) is 7.47. The third kappa shape index (κ3) is 4.95. The lowest BCUT2D eigenvalue weighted by Gasteiger charge is -2.32. The highest BCUT2D eigenvalue weighted by Crippen LogP contribution is 2.40. The summed E-state index contributed by atoms with van der Waals surface area (Å²) >= 11 is 0. The number of halogens is 1. The molecular weight excluding hydrogens is 433 g/mol. The minimum Gasteiger partial charge on any atom is -0.492 e. The van der Waals surface area contributed by atoms with Gasteiger partial charge in [0, 0.05) is 56.9 Å². The highest BCUT2D eigenvalue weighted by Gasteiger charge is 2.30. The lowest BCUT2D eigenvalue weighted by atomic mass is 9.90. The van der Waals surface area contributed by atoms with E-state index in [4.69, 9.17) is 9.47 Å². The maximum Gasteiger partial charge on any atom is 0.253 e. The molecule has 0 unspecified atom stereocenters. The van der Waals surface area contributed by atoms with E-state index in [9.17, 15) is 9.18 Å². The Morgan fingerprint density at radius 1 is 1.00 bits per heavy atom. The number of hydrogen-bond donors (Lipinski definition) is 0. The van der Waals surface area contributed by atoms with Crippen LogP contribution in [0.15, 0.2) is 48.0 Å². The molecule has 0 spiro atoms. The molecule has 6 nitrogen and oxygen atoms in total. The van der Waals surface area contributed by atoms with E-state index in [0.717, 1.165) is 81.1 Å². The van der Waals surface area contributed by atoms with E-state index in [1.54, 1.807) is 12.1 Å². The molecule has 7 heteroatoms. The van der Waals surface area contributed by atoms with Crippen LogP contribution in [0.4, 0.5) is 4.39 Å². The quantitative estimate of drug-likeness (QED) is 0.655. The number of nitrogens with zero attached hydrogens (tertiary/aromatic N) is 3. The van der Waals surface area contributed by atoms with Crippen LogP contribution in [0.3, 0.4) is 0 Å². The summed E-state index contributed by atoms with van der Waals surface area (Å²) in [5, 5.41) is 0. The van der Waals surface area contributed by atoms with Gasteiger partial charge in [-0.1, -0.05) is 12.1 Å². The fourth-order valence-electron chi connectivity index (χ4n) is 4.89. The van der Waals surface area contributed by atoms with Gasteiger partial charge in [0.05, 0.1) is 5.57 Å². The number of amides is 1. The standard InChI is InChI=1S/C27H32FN3O3/c1-29-12-14-30(15-13-29)16-17-33-22-8-9-25-23(18-22)26(20-4-6-21(28)7-5-20)24(19-34-25)27(32)31-10-2-3-11-31/h4-9,18H,2-3,10-17,19H2,1H3. The van der Waals surface area contributed by atoms with Crippen molar-refractivity contribution in [1.82, 2.24) is 14.7 Å². The largest absolute Gasteiger partial charge is 0.492 e. The summed E-state index contributed by atoms with van der Waals surface area (Å²) in [5.41, 5.74) is 3.05. The first-order valence-electron chi connectivity index (χ1n) is 12.2. The van der Waals surface area contributed by atoms with Crippen molar-refractivity contribution in [2.24, 2.45) is 0 Å². The molecule has 2 fully saturated rings. The fraction of sp³-hybridized carbons (Fsp3) is 0.444. The third-order valence-corrected chi connectivity index (χ3v) is 6.95. The van der Waals surface area contributed by atoms with Gasteiger partial charge < -0.3 is 19.3 Å². The number of piperazine rings is 1. The van der Waals surface area contributed by atoms with Crippen LogP contribution in [-0.2, 0) is 4.79 Å². The minimum atomic E-state index is -0.301. The van der Waals surface area contributed by atoms with Gasteiger partial charge in [0.25, 0.3) is 5.91 Å². The molecule has 0 radical (unpaired) electrons. The number of carbonyl (C=O) groups excluding carboxylic acids is 1. The average Bonchev–Trinajstić information content (AvgIpc) is 3.40. The van der Waals surface area contributed by atoms with E-state index in [0.29, 0.717) is 17.9 Å². The SMILES string of the molecule is CN1CCN(CCOc2ccc3c(c2)C(c2ccc(F)cc2)=C(C(=O)N2CCCC2)CO3)CC1. The summed E-state index contributed by atoms with van der Waals surface area (Å²) < 4.78 is 25.8. The summed E-state index contributed by atoms with van der Waals surface area (Å²) in [4.78, 5) is 20.0. The minimum absolute atomic E-state index is 0.00358. The second-order valence-electron chi connectivity index (χ2n) is 9.30.